The molecule has 0 aliphatic carbocycles. The Kier molecular flexibility index (Phi) is 4.02. The largest absolute Gasteiger partial charge is 0.481 e. The highest BCUT2D eigenvalue weighted by molar-refractivity contribution is 5.81. The summed E-state index contributed by atoms with van der Waals surface area (Å²) in [5.41, 5.74) is -1.41. The second kappa shape index (κ2) is 5.60. The predicted molar refractivity (Wildman–Crippen MR) is 71.4 cm³/mol. The summed E-state index contributed by atoms with van der Waals surface area (Å²) in [7, 11) is 0. The predicted octanol–water partition coefficient (Wildman–Crippen LogP) is 3.69. The SMILES string of the molecule is CC(Cc1ccccc1)(C(=O)O)c1ccc(F)c(F)c1F. The number of carbonyl (C=O) groups is 1. The minimum absolute atomic E-state index is 0.0365. The van der Waals surface area contributed by atoms with Crippen LogP contribution in [-0.2, 0) is 16.6 Å². The van der Waals surface area contributed by atoms with Crippen molar-refractivity contribution in [3.63, 3.8) is 0 Å². The Morgan fingerprint density at radius 3 is 2.24 bits per heavy atom. The van der Waals surface area contributed by atoms with E-state index in [0.29, 0.717) is 5.56 Å². The molecule has 5 heteroatoms. The molecule has 0 saturated heterocycles. The second-order valence-corrected chi connectivity index (χ2v) is 5.02. The van der Waals surface area contributed by atoms with Crippen molar-refractivity contribution in [2.45, 2.75) is 18.8 Å². The van der Waals surface area contributed by atoms with Crippen LogP contribution in [0.1, 0.15) is 18.1 Å². The van der Waals surface area contributed by atoms with Gasteiger partial charge in [0.15, 0.2) is 17.5 Å². The maximum Gasteiger partial charge on any atom is 0.314 e. The molecular formula is C16H13F3O2. The van der Waals surface area contributed by atoms with Gasteiger partial charge in [-0.2, -0.15) is 0 Å². The van der Waals surface area contributed by atoms with Crippen molar-refractivity contribution in [3.05, 3.63) is 71.0 Å². The van der Waals surface area contributed by atoms with Crippen LogP contribution in [0, 0.1) is 17.5 Å². The van der Waals surface area contributed by atoms with Gasteiger partial charge in [-0.1, -0.05) is 36.4 Å². The van der Waals surface area contributed by atoms with Gasteiger partial charge in [-0.25, -0.2) is 13.2 Å². The van der Waals surface area contributed by atoms with Gasteiger partial charge in [-0.3, -0.25) is 4.79 Å². The Bertz CT molecular complexity index is 671. The lowest BCUT2D eigenvalue weighted by Gasteiger charge is -2.26. The molecule has 1 atom stereocenters. The molecule has 0 saturated carbocycles. The van der Waals surface area contributed by atoms with Crippen molar-refractivity contribution in [1.29, 1.82) is 0 Å². The van der Waals surface area contributed by atoms with Crippen LogP contribution in [0.3, 0.4) is 0 Å². The standard InChI is InChI=1S/C16H13F3O2/c1-16(15(20)21,9-10-5-3-2-4-6-10)11-7-8-12(17)14(19)13(11)18/h2-8H,9H2,1H3,(H,20,21). The van der Waals surface area contributed by atoms with E-state index in [-0.39, 0.29) is 12.0 Å². The highest BCUT2D eigenvalue weighted by Crippen LogP contribution is 2.32. The molecule has 1 unspecified atom stereocenters. The summed E-state index contributed by atoms with van der Waals surface area (Å²) in [6, 6.07) is 10.3. The van der Waals surface area contributed by atoms with Crippen LogP contribution >= 0.6 is 0 Å². The number of carboxylic acids is 1. The monoisotopic (exact) mass is 294 g/mol. The number of carboxylic acid groups (broad SMARTS) is 1. The molecule has 2 aromatic rings. The number of aliphatic carboxylic acids is 1. The van der Waals surface area contributed by atoms with Gasteiger partial charge < -0.3 is 5.11 Å². The van der Waals surface area contributed by atoms with Crippen LogP contribution in [0.15, 0.2) is 42.5 Å². The molecule has 2 rings (SSSR count). The van der Waals surface area contributed by atoms with Crippen molar-refractivity contribution < 1.29 is 23.1 Å². The van der Waals surface area contributed by atoms with Gasteiger partial charge in [-0.05, 0) is 25.0 Å². The smallest absolute Gasteiger partial charge is 0.314 e. The highest BCUT2D eigenvalue weighted by Gasteiger charge is 2.39. The Morgan fingerprint density at radius 1 is 1.05 bits per heavy atom. The molecule has 0 amide bonds. The molecule has 0 bridgehead atoms. The van der Waals surface area contributed by atoms with E-state index < -0.39 is 28.8 Å². The average molecular weight is 294 g/mol. The van der Waals surface area contributed by atoms with Gasteiger partial charge in [0, 0.05) is 5.56 Å². The van der Waals surface area contributed by atoms with E-state index in [9.17, 15) is 23.1 Å². The van der Waals surface area contributed by atoms with E-state index in [1.807, 2.05) is 0 Å². The van der Waals surface area contributed by atoms with Crippen LogP contribution < -0.4 is 0 Å². The van der Waals surface area contributed by atoms with Crippen LogP contribution in [0.4, 0.5) is 13.2 Å². The van der Waals surface area contributed by atoms with Crippen molar-refractivity contribution >= 4 is 5.97 Å². The molecule has 0 fully saturated rings. The first-order valence-electron chi connectivity index (χ1n) is 6.27. The normalized spacial score (nSPS) is 13.7. The summed E-state index contributed by atoms with van der Waals surface area (Å²) < 4.78 is 40.3. The average Bonchev–Trinajstić information content (AvgIpc) is 2.45. The number of benzene rings is 2. The Balaban J connectivity index is 2.53. The molecule has 0 spiro atoms. The van der Waals surface area contributed by atoms with Crippen molar-refractivity contribution in [2.24, 2.45) is 0 Å². The van der Waals surface area contributed by atoms with E-state index in [1.54, 1.807) is 30.3 Å². The van der Waals surface area contributed by atoms with Gasteiger partial charge in [0.05, 0.1) is 5.41 Å². The van der Waals surface area contributed by atoms with Crippen LogP contribution in [0.5, 0.6) is 0 Å². The molecule has 1 N–H and O–H groups in total. The van der Waals surface area contributed by atoms with Gasteiger partial charge in [0.1, 0.15) is 0 Å². The lowest BCUT2D eigenvalue weighted by Crippen LogP contribution is -2.36. The summed E-state index contributed by atoms with van der Waals surface area (Å²) in [6.07, 6.45) is -0.0365. The van der Waals surface area contributed by atoms with Gasteiger partial charge in [0.2, 0.25) is 0 Å². The molecule has 2 aromatic carbocycles. The number of hydrogen-bond donors (Lipinski definition) is 1. The molecule has 0 heterocycles. The third kappa shape index (κ3) is 2.77. The van der Waals surface area contributed by atoms with E-state index in [2.05, 4.69) is 0 Å². The molecule has 2 nitrogen and oxygen atoms in total. The number of rotatable bonds is 4. The van der Waals surface area contributed by atoms with Crippen LogP contribution in [0.25, 0.3) is 0 Å². The first-order chi connectivity index (χ1) is 9.86. The fourth-order valence-corrected chi connectivity index (χ4v) is 2.24. The van der Waals surface area contributed by atoms with Gasteiger partial charge in [-0.15, -0.1) is 0 Å². The first-order valence-corrected chi connectivity index (χ1v) is 6.27. The van der Waals surface area contributed by atoms with Gasteiger partial charge in [0.25, 0.3) is 0 Å². The molecule has 21 heavy (non-hydrogen) atoms. The maximum atomic E-state index is 13.9. The maximum absolute atomic E-state index is 13.9. The third-order valence-corrected chi connectivity index (χ3v) is 3.50. The second-order valence-electron chi connectivity index (χ2n) is 5.02. The summed E-state index contributed by atoms with van der Waals surface area (Å²) in [5, 5.41) is 9.45. The molecule has 110 valence electrons. The molecule has 0 radical (unpaired) electrons. The molecule has 0 aromatic heterocycles. The zero-order valence-corrected chi connectivity index (χ0v) is 11.2. The minimum atomic E-state index is -1.69. The summed E-state index contributed by atoms with van der Waals surface area (Å²) in [6.45, 7) is 1.29. The van der Waals surface area contributed by atoms with Crippen LogP contribution in [-0.4, -0.2) is 11.1 Å². The Morgan fingerprint density at radius 2 is 1.67 bits per heavy atom. The fourth-order valence-electron chi connectivity index (χ4n) is 2.24. The van der Waals surface area contributed by atoms with Crippen molar-refractivity contribution in [1.82, 2.24) is 0 Å². The zero-order valence-electron chi connectivity index (χ0n) is 11.2. The Labute approximate surface area is 119 Å². The molecule has 0 aliphatic heterocycles. The summed E-state index contributed by atoms with van der Waals surface area (Å²) in [4.78, 5) is 11.6. The number of hydrogen-bond acceptors (Lipinski definition) is 1. The van der Waals surface area contributed by atoms with Crippen molar-refractivity contribution in [3.8, 4) is 0 Å². The minimum Gasteiger partial charge on any atom is -0.481 e. The molecular weight excluding hydrogens is 281 g/mol. The number of halogens is 3. The topological polar surface area (TPSA) is 37.3 Å². The quantitative estimate of drug-likeness (QED) is 0.873. The molecule has 0 aliphatic rings. The summed E-state index contributed by atoms with van der Waals surface area (Å²) in [5.74, 6) is -5.77. The lowest BCUT2D eigenvalue weighted by molar-refractivity contribution is -0.143. The van der Waals surface area contributed by atoms with Gasteiger partial charge >= 0.3 is 5.97 Å². The zero-order chi connectivity index (χ0) is 15.6. The highest BCUT2D eigenvalue weighted by atomic mass is 19.2. The first kappa shape index (κ1) is 15.1. The van der Waals surface area contributed by atoms with Crippen LogP contribution in [0.2, 0.25) is 0 Å². The lowest BCUT2D eigenvalue weighted by atomic mass is 9.77. The van der Waals surface area contributed by atoms with E-state index in [4.69, 9.17) is 0 Å². The fraction of sp³-hybridized carbons (Fsp3) is 0.188. The van der Waals surface area contributed by atoms with Crippen molar-refractivity contribution in [2.75, 3.05) is 0 Å². The third-order valence-electron chi connectivity index (χ3n) is 3.50. The summed E-state index contributed by atoms with van der Waals surface area (Å²) >= 11 is 0. The Hall–Kier alpha value is -2.30. The van der Waals surface area contributed by atoms with E-state index >= 15 is 0 Å². The van der Waals surface area contributed by atoms with E-state index in [0.717, 1.165) is 12.1 Å². The van der Waals surface area contributed by atoms with E-state index in [1.165, 1.54) is 6.92 Å².